The zero-order valence-electron chi connectivity index (χ0n) is 11.0. The highest BCUT2D eigenvalue weighted by atomic mass is 16.5. The number of rotatable bonds is 4. The first-order valence-corrected chi connectivity index (χ1v) is 6.57. The molecular formula is C14H23NO2. The van der Waals surface area contributed by atoms with E-state index < -0.39 is 0 Å². The van der Waals surface area contributed by atoms with Gasteiger partial charge in [0.25, 0.3) is 0 Å². The van der Waals surface area contributed by atoms with Crippen LogP contribution in [0, 0.1) is 0 Å². The fraction of sp³-hybridized carbons (Fsp3) is 0.643. The van der Waals surface area contributed by atoms with E-state index in [0.29, 0.717) is 5.88 Å². The van der Waals surface area contributed by atoms with Crippen molar-refractivity contribution in [2.24, 2.45) is 0 Å². The maximum atomic E-state index is 9.11. The fourth-order valence-electron chi connectivity index (χ4n) is 1.72. The van der Waals surface area contributed by atoms with E-state index in [1.807, 2.05) is 26.1 Å². The van der Waals surface area contributed by atoms with E-state index in [2.05, 4.69) is 18.0 Å². The zero-order chi connectivity index (χ0) is 12.7. The van der Waals surface area contributed by atoms with E-state index >= 15 is 0 Å². The summed E-state index contributed by atoms with van der Waals surface area (Å²) in [6.45, 7) is 6.15. The Balaban J connectivity index is 0.000000686. The molecule has 1 heterocycles. The highest BCUT2D eigenvalue weighted by molar-refractivity contribution is 5.18. The maximum Gasteiger partial charge on any atom is 0.213 e. The van der Waals surface area contributed by atoms with Crippen molar-refractivity contribution in [3.8, 4) is 5.88 Å². The Bertz CT molecular complexity index is 305. The van der Waals surface area contributed by atoms with Crippen LogP contribution in [0.25, 0.3) is 0 Å². The monoisotopic (exact) mass is 237 g/mol. The van der Waals surface area contributed by atoms with Gasteiger partial charge in [-0.2, -0.15) is 0 Å². The molecule has 1 aliphatic carbocycles. The quantitative estimate of drug-likeness (QED) is 0.875. The molecule has 0 radical (unpaired) electrons. The van der Waals surface area contributed by atoms with Gasteiger partial charge in [-0.15, -0.1) is 0 Å². The first-order valence-electron chi connectivity index (χ1n) is 6.57. The van der Waals surface area contributed by atoms with Gasteiger partial charge in [0.05, 0.1) is 6.10 Å². The van der Waals surface area contributed by atoms with Crippen LogP contribution in [0.1, 0.15) is 45.6 Å². The molecule has 1 fully saturated rings. The summed E-state index contributed by atoms with van der Waals surface area (Å²) < 4.78 is 5.58. The SMILES string of the molecule is CC.CCCc1ccc(OC2CC(O)C2)nc1. The van der Waals surface area contributed by atoms with Crippen LogP contribution < -0.4 is 4.74 Å². The summed E-state index contributed by atoms with van der Waals surface area (Å²) in [5.41, 5.74) is 1.25. The predicted molar refractivity (Wildman–Crippen MR) is 69.2 cm³/mol. The molecule has 0 saturated heterocycles. The number of hydrogen-bond acceptors (Lipinski definition) is 3. The van der Waals surface area contributed by atoms with Gasteiger partial charge in [-0.25, -0.2) is 4.98 Å². The summed E-state index contributed by atoms with van der Waals surface area (Å²) in [4.78, 5) is 4.24. The van der Waals surface area contributed by atoms with Crippen LogP contribution in [-0.2, 0) is 6.42 Å². The van der Waals surface area contributed by atoms with Crippen LogP contribution in [0.5, 0.6) is 5.88 Å². The lowest BCUT2D eigenvalue weighted by Crippen LogP contribution is -2.37. The van der Waals surface area contributed by atoms with E-state index in [4.69, 9.17) is 9.84 Å². The minimum Gasteiger partial charge on any atom is -0.474 e. The van der Waals surface area contributed by atoms with Crippen molar-refractivity contribution >= 4 is 0 Å². The summed E-state index contributed by atoms with van der Waals surface area (Å²) in [5, 5.41) is 9.11. The second-order valence-corrected chi connectivity index (χ2v) is 4.12. The first kappa shape index (κ1) is 14.0. The highest BCUT2D eigenvalue weighted by Crippen LogP contribution is 2.24. The van der Waals surface area contributed by atoms with Gasteiger partial charge in [0.2, 0.25) is 5.88 Å². The summed E-state index contributed by atoms with van der Waals surface area (Å²) in [6.07, 6.45) is 5.52. The summed E-state index contributed by atoms with van der Waals surface area (Å²) >= 11 is 0. The molecule has 96 valence electrons. The van der Waals surface area contributed by atoms with Crippen LogP contribution in [-0.4, -0.2) is 22.3 Å². The molecule has 1 aliphatic rings. The number of aliphatic hydroxyl groups excluding tert-OH is 1. The molecular weight excluding hydrogens is 214 g/mol. The van der Waals surface area contributed by atoms with Crippen molar-refractivity contribution in [2.75, 3.05) is 0 Å². The smallest absolute Gasteiger partial charge is 0.213 e. The highest BCUT2D eigenvalue weighted by Gasteiger charge is 2.29. The van der Waals surface area contributed by atoms with Crippen LogP contribution in [0.2, 0.25) is 0 Å². The third-order valence-electron chi connectivity index (χ3n) is 2.69. The molecule has 3 heteroatoms. The number of pyridine rings is 1. The fourth-order valence-corrected chi connectivity index (χ4v) is 1.72. The Hall–Kier alpha value is -1.09. The second-order valence-electron chi connectivity index (χ2n) is 4.12. The Morgan fingerprint density at radius 2 is 2.06 bits per heavy atom. The third-order valence-corrected chi connectivity index (χ3v) is 2.69. The van der Waals surface area contributed by atoms with Crippen LogP contribution in [0.4, 0.5) is 0 Å². The Morgan fingerprint density at radius 1 is 1.35 bits per heavy atom. The van der Waals surface area contributed by atoms with E-state index in [1.165, 1.54) is 5.56 Å². The Labute approximate surface area is 104 Å². The molecule has 1 aromatic heterocycles. The molecule has 1 aromatic rings. The van der Waals surface area contributed by atoms with E-state index in [9.17, 15) is 0 Å². The minimum atomic E-state index is -0.172. The molecule has 17 heavy (non-hydrogen) atoms. The molecule has 0 aliphatic heterocycles. The van der Waals surface area contributed by atoms with Gasteiger partial charge in [0.15, 0.2) is 0 Å². The van der Waals surface area contributed by atoms with Crippen LogP contribution >= 0.6 is 0 Å². The summed E-state index contributed by atoms with van der Waals surface area (Å²) in [5.74, 6) is 0.673. The molecule has 3 nitrogen and oxygen atoms in total. The van der Waals surface area contributed by atoms with E-state index in [0.717, 1.165) is 25.7 Å². The van der Waals surface area contributed by atoms with Crippen LogP contribution in [0.15, 0.2) is 18.3 Å². The zero-order valence-corrected chi connectivity index (χ0v) is 11.0. The molecule has 0 bridgehead atoms. The number of hydrogen-bond donors (Lipinski definition) is 1. The standard InChI is InChI=1S/C12H17NO2.C2H6/c1-2-3-9-4-5-12(13-8-9)15-11-6-10(14)7-11;1-2/h4-5,8,10-11,14H,2-3,6-7H2,1H3;1-2H3. The average molecular weight is 237 g/mol. The van der Waals surface area contributed by atoms with Crippen LogP contribution in [0.3, 0.4) is 0 Å². The molecule has 1 saturated carbocycles. The molecule has 0 spiro atoms. The Morgan fingerprint density at radius 3 is 2.53 bits per heavy atom. The first-order chi connectivity index (χ1) is 8.28. The van der Waals surface area contributed by atoms with Crippen molar-refractivity contribution in [1.29, 1.82) is 0 Å². The van der Waals surface area contributed by atoms with Gasteiger partial charge in [0.1, 0.15) is 6.10 Å². The van der Waals surface area contributed by atoms with Crippen molar-refractivity contribution in [2.45, 2.75) is 58.7 Å². The summed E-state index contributed by atoms with van der Waals surface area (Å²) in [7, 11) is 0. The largest absolute Gasteiger partial charge is 0.474 e. The van der Waals surface area contributed by atoms with Gasteiger partial charge in [-0.3, -0.25) is 0 Å². The lowest BCUT2D eigenvalue weighted by molar-refractivity contribution is -0.0128. The number of nitrogens with zero attached hydrogens (tertiary/aromatic N) is 1. The van der Waals surface area contributed by atoms with Crippen molar-refractivity contribution in [3.63, 3.8) is 0 Å². The van der Waals surface area contributed by atoms with Gasteiger partial charge >= 0.3 is 0 Å². The molecule has 0 unspecified atom stereocenters. The topological polar surface area (TPSA) is 42.4 Å². The second kappa shape index (κ2) is 7.28. The van der Waals surface area contributed by atoms with Crippen molar-refractivity contribution in [3.05, 3.63) is 23.9 Å². The normalized spacial score (nSPS) is 22.1. The molecule has 0 aromatic carbocycles. The van der Waals surface area contributed by atoms with Gasteiger partial charge in [-0.1, -0.05) is 33.3 Å². The maximum absolute atomic E-state index is 9.11. The lowest BCUT2D eigenvalue weighted by atomic mass is 9.92. The van der Waals surface area contributed by atoms with E-state index in [-0.39, 0.29) is 12.2 Å². The molecule has 0 amide bonds. The molecule has 2 rings (SSSR count). The third kappa shape index (κ3) is 4.35. The molecule has 0 atom stereocenters. The number of aliphatic hydroxyl groups is 1. The lowest BCUT2D eigenvalue weighted by Gasteiger charge is -2.31. The van der Waals surface area contributed by atoms with E-state index in [1.54, 1.807) is 0 Å². The van der Waals surface area contributed by atoms with Gasteiger partial charge < -0.3 is 9.84 Å². The average Bonchev–Trinajstić information content (AvgIpc) is 2.33. The number of aromatic nitrogens is 1. The van der Waals surface area contributed by atoms with Gasteiger partial charge in [0, 0.05) is 25.1 Å². The minimum absolute atomic E-state index is 0.157. The molecule has 1 N–H and O–H groups in total. The number of aryl methyl sites for hydroxylation is 1. The van der Waals surface area contributed by atoms with Crippen molar-refractivity contribution in [1.82, 2.24) is 4.98 Å². The van der Waals surface area contributed by atoms with Crippen molar-refractivity contribution < 1.29 is 9.84 Å². The Kier molecular flexibility index (Phi) is 5.98. The predicted octanol–water partition coefficient (Wildman–Crippen LogP) is 2.96. The van der Waals surface area contributed by atoms with Gasteiger partial charge in [-0.05, 0) is 12.0 Å². The number of ether oxygens (including phenoxy) is 1. The summed E-state index contributed by atoms with van der Waals surface area (Å²) in [6, 6.07) is 3.97.